The molecule has 0 spiro atoms. The molecule has 38 heavy (non-hydrogen) atoms. The van der Waals surface area contributed by atoms with E-state index in [0.717, 1.165) is 63.5 Å². The standard InChI is InChI=1S/C25H44N4O6S3/c1-38(34,36)35-17-16-27-23(32)14-6-3-9-15-26-22(31)13-5-2-4-10-19(30)11-7-8-12-21-24-20(18-37-21)28-25(33)29-24/h20-21,24H,2-18H2,1H3,(H,26,31)(H,27,32)(H2,28,29,33). The van der Waals surface area contributed by atoms with Crippen molar-refractivity contribution in [3.05, 3.63) is 0 Å². The molecular formula is C25H44N4O6S3. The van der Waals surface area contributed by atoms with Crippen molar-refractivity contribution in [3.63, 3.8) is 0 Å². The number of carbonyl (C=O) groups is 4. The van der Waals surface area contributed by atoms with Gasteiger partial charge in [-0.05, 0) is 38.5 Å². The molecule has 0 radical (unpaired) electrons. The molecule has 0 saturated carbocycles. The van der Waals surface area contributed by atoms with Crippen LogP contribution in [0.25, 0.3) is 0 Å². The third-order valence-corrected chi connectivity index (χ3v) is 9.01. The summed E-state index contributed by atoms with van der Waals surface area (Å²) in [5, 5.41) is 12.0. The molecule has 2 saturated heterocycles. The van der Waals surface area contributed by atoms with Crippen molar-refractivity contribution in [1.29, 1.82) is 0 Å². The van der Waals surface area contributed by atoms with Crippen LogP contribution in [0, 0.1) is 0 Å². The molecule has 2 heterocycles. The fourth-order valence-corrected chi connectivity index (χ4v) is 6.73. The lowest BCUT2D eigenvalue weighted by atomic mass is 10.0. The molecule has 2 fully saturated rings. The molecule has 4 amide bonds. The largest absolute Gasteiger partial charge is 0.356 e. The fourth-order valence-electron chi connectivity index (χ4n) is 4.60. The van der Waals surface area contributed by atoms with Gasteiger partial charge in [0.1, 0.15) is 14.6 Å². The van der Waals surface area contributed by atoms with Crippen LogP contribution in [0.2, 0.25) is 0 Å². The van der Waals surface area contributed by atoms with Gasteiger partial charge in [-0.15, -0.1) is 0 Å². The summed E-state index contributed by atoms with van der Waals surface area (Å²) in [5.41, 5.74) is 0. The van der Waals surface area contributed by atoms with Crippen molar-refractivity contribution in [2.45, 2.75) is 101 Å². The molecule has 4 N–H and O–H groups in total. The van der Waals surface area contributed by atoms with Crippen LogP contribution in [0.15, 0.2) is 0 Å². The second-order valence-corrected chi connectivity index (χ2v) is 14.7. The number of amides is 4. The molecule has 2 aliphatic rings. The summed E-state index contributed by atoms with van der Waals surface area (Å²) in [6.45, 7) is 1.02. The zero-order valence-corrected chi connectivity index (χ0v) is 24.9. The van der Waals surface area contributed by atoms with Crippen LogP contribution in [0.3, 0.4) is 0 Å². The molecule has 4 atom stereocenters. The highest BCUT2D eigenvalue weighted by molar-refractivity contribution is 8.29. The smallest absolute Gasteiger partial charge is 0.315 e. The third-order valence-electron chi connectivity index (χ3n) is 6.62. The topological polar surface area (TPSA) is 143 Å². The van der Waals surface area contributed by atoms with Gasteiger partial charge in [0, 0.05) is 67.2 Å². The molecule has 0 aromatic heterocycles. The quantitative estimate of drug-likeness (QED) is 0.118. The van der Waals surface area contributed by atoms with Crippen molar-refractivity contribution in [1.82, 2.24) is 21.3 Å². The number of unbranched alkanes of at least 4 members (excludes halogenated alkanes) is 5. The van der Waals surface area contributed by atoms with Gasteiger partial charge in [-0.3, -0.25) is 18.6 Å². The van der Waals surface area contributed by atoms with E-state index in [9.17, 15) is 23.4 Å². The number of rotatable bonds is 21. The first-order valence-corrected chi connectivity index (χ1v) is 17.6. The van der Waals surface area contributed by atoms with Crippen LogP contribution in [0.4, 0.5) is 4.79 Å². The Bertz CT molecular complexity index is 886. The summed E-state index contributed by atoms with van der Waals surface area (Å²) in [6, 6.07) is 0.422. The number of urea groups is 1. The van der Waals surface area contributed by atoms with E-state index in [1.807, 2.05) is 11.8 Å². The molecule has 2 aliphatic heterocycles. The zero-order chi connectivity index (χ0) is 27.8. The van der Waals surface area contributed by atoms with Crippen LogP contribution >= 0.6 is 11.8 Å². The Morgan fingerprint density at radius 2 is 1.53 bits per heavy atom. The van der Waals surface area contributed by atoms with Crippen LogP contribution in [0.1, 0.15) is 83.5 Å². The molecule has 13 heteroatoms. The van der Waals surface area contributed by atoms with E-state index in [-0.39, 0.29) is 43.1 Å². The van der Waals surface area contributed by atoms with E-state index < -0.39 is 8.77 Å². The minimum Gasteiger partial charge on any atom is -0.356 e. The summed E-state index contributed by atoms with van der Waals surface area (Å²) in [5.74, 6) is 1.21. The van der Waals surface area contributed by atoms with Gasteiger partial charge in [0.2, 0.25) is 11.8 Å². The summed E-state index contributed by atoms with van der Waals surface area (Å²) < 4.78 is 16.1. The average molecular weight is 593 g/mol. The van der Waals surface area contributed by atoms with Crippen LogP contribution in [-0.2, 0) is 38.5 Å². The summed E-state index contributed by atoms with van der Waals surface area (Å²) in [6.07, 6.45) is 11.2. The number of fused-ring (bicyclic) bond motifs is 1. The highest BCUT2D eigenvalue weighted by atomic mass is 32.8. The van der Waals surface area contributed by atoms with Crippen LogP contribution in [-0.4, -0.2) is 76.9 Å². The van der Waals surface area contributed by atoms with Gasteiger partial charge in [-0.25, -0.2) is 9.00 Å². The zero-order valence-electron chi connectivity index (χ0n) is 22.4. The second-order valence-electron chi connectivity index (χ2n) is 10.0. The first-order valence-electron chi connectivity index (χ1n) is 13.7. The molecule has 0 aromatic carbocycles. The second kappa shape index (κ2) is 18.0. The summed E-state index contributed by atoms with van der Waals surface area (Å²) in [4.78, 5) is 47.2. The van der Waals surface area contributed by atoms with Gasteiger partial charge >= 0.3 is 6.03 Å². The van der Waals surface area contributed by atoms with Crippen molar-refractivity contribution >= 4 is 55.4 Å². The van der Waals surface area contributed by atoms with Gasteiger partial charge in [0.25, 0.3) is 0 Å². The van der Waals surface area contributed by atoms with E-state index in [4.69, 9.17) is 4.18 Å². The molecule has 4 unspecified atom stereocenters. The normalized spacial score (nSPS) is 21.7. The van der Waals surface area contributed by atoms with Gasteiger partial charge in [0.05, 0.1) is 18.7 Å². The molecule has 0 bridgehead atoms. The lowest BCUT2D eigenvalue weighted by molar-refractivity contribution is -0.122. The van der Waals surface area contributed by atoms with Crippen LogP contribution < -0.4 is 21.3 Å². The lowest BCUT2D eigenvalue weighted by Gasteiger charge is -2.16. The number of Topliss-reactive ketones (excluding diaryl/α,β-unsaturated/α-hetero) is 1. The minimum atomic E-state index is -2.65. The summed E-state index contributed by atoms with van der Waals surface area (Å²) in [7, 11) is -2.65. The predicted molar refractivity (Wildman–Crippen MR) is 154 cm³/mol. The van der Waals surface area contributed by atoms with Gasteiger partial charge in [-0.2, -0.15) is 11.8 Å². The van der Waals surface area contributed by atoms with Crippen LogP contribution in [0.5, 0.6) is 0 Å². The van der Waals surface area contributed by atoms with Crippen molar-refractivity contribution in [3.8, 4) is 0 Å². The number of carbonyl (C=O) groups excluding carboxylic acids is 4. The Labute approximate surface area is 236 Å². The molecular weight excluding hydrogens is 548 g/mol. The Balaban J connectivity index is 1.33. The highest BCUT2D eigenvalue weighted by Crippen LogP contribution is 2.33. The van der Waals surface area contributed by atoms with Crippen molar-refractivity contribution < 1.29 is 27.6 Å². The Hall–Kier alpha value is -1.44. The minimum absolute atomic E-state index is 0.0315. The molecule has 10 nitrogen and oxygen atoms in total. The Kier molecular flexibility index (Phi) is 15.5. The maximum atomic E-state index is 12.1. The van der Waals surface area contributed by atoms with Crippen molar-refractivity contribution in [2.75, 3.05) is 31.7 Å². The van der Waals surface area contributed by atoms with Gasteiger partial charge in [0.15, 0.2) is 0 Å². The van der Waals surface area contributed by atoms with E-state index in [0.29, 0.717) is 43.3 Å². The van der Waals surface area contributed by atoms with E-state index in [1.165, 1.54) is 6.26 Å². The van der Waals surface area contributed by atoms with E-state index in [1.54, 1.807) is 0 Å². The molecule has 218 valence electrons. The first kappa shape index (κ1) is 32.8. The first-order chi connectivity index (χ1) is 18.1. The lowest BCUT2D eigenvalue weighted by Crippen LogP contribution is -2.36. The highest BCUT2D eigenvalue weighted by Gasteiger charge is 2.42. The predicted octanol–water partition coefficient (Wildman–Crippen LogP) is 2.33. The molecule has 2 rings (SSSR count). The Morgan fingerprint density at radius 1 is 0.921 bits per heavy atom. The third kappa shape index (κ3) is 14.6. The Morgan fingerprint density at radius 3 is 2.21 bits per heavy atom. The molecule has 0 aromatic rings. The number of ketones is 1. The fraction of sp³-hybridized carbons (Fsp3) is 0.840. The van der Waals surface area contributed by atoms with Crippen molar-refractivity contribution in [2.24, 2.45) is 0 Å². The monoisotopic (exact) mass is 592 g/mol. The van der Waals surface area contributed by atoms with E-state index >= 15 is 0 Å². The number of hydrogen-bond donors (Lipinski definition) is 4. The average Bonchev–Trinajstić information content (AvgIpc) is 3.40. The van der Waals surface area contributed by atoms with Gasteiger partial charge < -0.3 is 21.3 Å². The maximum absolute atomic E-state index is 12.1. The number of nitrogens with one attached hydrogen (secondary N) is 4. The number of hydrogen-bond acceptors (Lipinski definition) is 8. The molecule has 0 aliphatic carbocycles. The SMILES string of the molecule is CS(=O)(=S)OCCNC(=O)CCCCCNC(=O)CCCCCC(=O)CCCCC1SCC2NC(=O)NC21. The maximum Gasteiger partial charge on any atom is 0.315 e. The summed E-state index contributed by atoms with van der Waals surface area (Å²) >= 11 is 6.53. The number of thioether (sulfide) groups is 1. The van der Waals surface area contributed by atoms with Gasteiger partial charge in [-0.1, -0.05) is 19.3 Å². The van der Waals surface area contributed by atoms with E-state index in [2.05, 4.69) is 32.5 Å².